The van der Waals surface area contributed by atoms with Crippen molar-refractivity contribution in [3.8, 4) is 5.75 Å². The van der Waals surface area contributed by atoms with Crippen LogP contribution in [0.25, 0.3) is 0 Å². The van der Waals surface area contributed by atoms with Crippen LogP contribution in [0.2, 0.25) is 0 Å². The summed E-state index contributed by atoms with van der Waals surface area (Å²) in [6.07, 6.45) is 0.861. The standard InChI is InChI=1S/C14H13NO4S/c1-2-9-4-6-12(20-9)13(17)15-8-3-5-11(16)10(7-8)14(18)19/h3-7,16H,2H2,1H3,(H,15,17)(H,18,19). The summed E-state index contributed by atoms with van der Waals surface area (Å²) in [5, 5.41) is 20.9. The summed E-state index contributed by atoms with van der Waals surface area (Å²) in [4.78, 5) is 24.6. The van der Waals surface area contributed by atoms with Gasteiger partial charge in [-0.3, -0.25) is 4.79 Å². The maximum absolute atomic E-state index is 12.0. The van der Waals surface area contributed by atoms with E-state index in [0.717, 1.165) is 11.3 Å². The van der Waals surface area contributed by atoms with E-state index in [1.807, 2.05) is 13.0 Å². The van der Waals surface area contributed by atoms with Gasteiger partial charge in [-0.25, -0.2) is 4.79 Å². The first-order valence-corrected chi connectivity index (χ1v) is 6.79. The lowest BCUT2D eigenvalue weighted by Crippen LogP contribution is -2.10. The van der Waals surface area contributed by atoms with Crippen LogP contribution in [0.1, 0.15) is 31.8 Å². The summed E-state index contributed by atoms with van der Waals surface area (Å²) in [6, 6.07) is 7.54. The Hall–Kier alpha value is -2.34. The van der Waals surface area contributed by atoms with Gasteiger partial charge in [-0.2, -0.15) is 0 Å². The summed E-state index contributed by atoms with van der Waals surface area (Å²) in [5.41, 5.74) is 0.0832. The molecule has 2 rings (SSSR count). The Balaban J connectivity index is 2.19. The van der Waals surface area contributed by atoms with Gasteiger partial charge in [-0.1, -0.05) is 6.92 Å². The van der Waals surface area contributed by atoms with E-state index in [-0.39, 0.29) is 17.2 Å². The lowest BCUT2D eigenvalue weighted by molar-refractivity contribution is 0.0693. The third-order valence-corrected chi connectivity index (χ3v) is 3.95. The number of aryl methyl sites for hydroxylation is 1. The van der Waals surface area contributed by atoms with E-state index in [0.29, 0.717) is 10.6 Å². The number of thiophene rings is 1. The first kappa shape index (κ1) is 14.1. The molecule has 1 aromatic carbocycles. The van der Waals surface area contributed by atoms with Gasteiger partial charge in [0, 0.05) is 10.6 Å². The molecule has 20 heavy (non-hydrogen) atoms. The molecule has 0 atom stereocenters. The van der Waals surface area contributed by atoms with Crippen molar-refractivity contribution < 1.29 is 19.8 Å². The number of nitrogens with one attached hydrogen (secondary N) is 1. The van der Waals surface area contributed by atoms with Gasteiger partial charge in [0.2, 0.25) is 0 Å². The zero-order valence-electron chi connectivity index (χ0n) is 10.7. The van der Waals surface area contributed by atoms with E-state index in [1.165, 1.54) is 29.5 Å². The highest BCUT2D eigenvalue weighted by Crippen LogP contribution is 2.23. The number of hydrogen-bond donors (Lipinski definition) is 3. The maximum Gasteiger partial charge on any atom is 0.339 e. The molecular weight excluding hydrogens is 278 g/mol. The molecule has 3 N–H and O–H groups in total. The predicted molar refractivity (Wildman–Crippen MR) is 76.7 cm³/mol. The van der Waals surface area contributed by atoms with Crippen LogP contribution in [-0.4, -0.2) is 22.1 Å². The van der Waals surface area contributed by atoms with Crippen LogP contribution >= 0.6 is 11.3 Å². The molecule has 0 aliphatic carbocycles. The number of carboxylic acids is 1. The Morgan fingerprint density at radius 3 is 2.60 bits per heavy atom. The SMILES string of the molecule is CCc1ccc(C(=O)Nc2ccc(O)c(C(=O)O)c2)s1. The fourth-order valence-electron chi connectivity index (χ4n) is 1.67. The lowest BCUT2D eigenvalue weighted by Gasteiger charge is -2.06. The Morgan fingerprint density at radius 1 is 1.25 bits per heavy atom. The van der Waals surface area contributed by atoms with Crippen molar-refractivity contribution in [2.75, 3.05) is 5.32 Å². The molecule has 0 bridgehead atoms. The van der Waals surface area contributed by atoms with Gasteiger partial charge in [0.05, 0.1) is 4.88 Å². The monoisotopic (exact) mass is 291 g/mol. The predicted octanol–water partition coefficient (Wildman–Crippen LogP) is 2.97. The van der Waals surface area contributed by atoms with Crippen molar-refractivity contribution in [1.82, 2.24) is 0 Å². The maximum atomic E-state index is 12.0. The fourth-order valence-corrected chi connectivity index (χ4v) is 2.51. The Labute approximate surface area is 119 Å². The molecule has 0 aliphatic rings. The minimum atomic E-state index is -1.25. The van der Waals surface area contributed by atoms with Crippen molar-refractivity contribution in [3.63, 3.8) is 0 Å². The highest BCUT2D eigenvalue weighted by Gasteiger charge is 2.13. The smallest absolute Gasteiger partial charge is 0.339 e. The third-order valence-electron chi connectivity index (χ3n) is 2.72. The Bertz CT molecular complexity index is 663. The van der Waals surface area contributed by atoms with Crippen molar-refractivity contribution >= 4 is 28.9 Å². The second kappa shape index (κ2) is 5.75. The van der Waals surface area contributed by atoms with Crippen LogP contribution in [0.3, 0.4) is 0 Å². The van der Waals surface area contributed by atoms with Gasteiger partial charge in [0.1, 0.15) is 11.3 Å². The van der Waals surface area contributed by atoms with Crippen molar-refractivity contribution in [2.45, 2.75) is 13.3 Å². The first-order valence-electron chi connectivity index (χ1n) is 5.97. The van der Waals surface area contributed by atoms with Crippen LogP contribution in [0.15, 0.2) is 30.3 Å². The summed E-state index contributed by atoms with van der Waals surface area (Å²) < 4.78 is 0. The van der Waals surface area contributed by atoms with Crippen LogP contribution < -0.4 is 5.32 Å². The largest absolute Gasteiger partial charge is 0.507 e. The molecule has 0 aliphatic heterocycles. The fraction of sp³-hybridized carbons (Fsp3) is 0.143. The lowest BCUT2D eigenvalue weighted by atomic mass is 10.2. The van der Waals surface area contributed by atoms with E-state index in [1.54, 1.807) is 6.07 Å². The molecule has 1 amide bonds. The number of aromatic hydroxyl groups is 1. The number of hydrogen-bond acceptors (Lipinski definition) is 4. The number of rotatable bonds is 4. The number of carbonyl (C=O) groups excluding carboxylic acids is 1. The molecule has 1 heterocycles. The topological polar surface area (TPSA) is 86.6 Å². The average Bonchev–Trinajstić information content (AvgIpc) is 2.89. The molecule has 0 spiro atoms. The molecular formula is C14H13NO4S. The minimum Gasteiger partial charge on any atom is -0.507 e. The van der Waals surface area contributed by atoms with Gasteiger partial charge in [0.15, 0.2) is 0 Å². The second-order valence-electron chi connectivity index (χ2n) is 4.11. The Morgan fingerprint density at radius 2 is 2.00 bits per heavy atom. The van der Waals surface area contributed by atoms with E-state index < -0.39 is 5.97 Å². The number of carbonyl (C=O) groups is 2. The Kier molecular flexibility index (Phi) is 4.05. The molecule has 0 saturated heterocycles. The van der Waals surface area contributed by atoms with Gasteiger partial charge in [0.25, 0.3) is 5.91 Å². The van der Waals surface area contributed by atoms with E-state index in [4.69, 9.17) is 5.11 Å². The summed E-state index contributed by atoms with van der Waals surface area (Å²) >= 11 is 1.40. The normalized spacial score (nSPS) is 10.2. The van der Waals surface area contributed by atoms with E-state index >= 15 is 0 Å². The molecule has 104 valence electrons. The van der Waals surface area contributed by atoms with Gasteiger partial charge < -0.3 is 15.5 Å². The van der Waals surface area contributed by atoms with Gasteiger partial charge >= 0.3 is 5.97 Å². The molecule has 5 nitrogen and oxygen atoms in total. The van der Waals surface area contributed by atoms with Gasteiger partial charge in [-0.05, 0) is 36.8 Å². The third kappa shape index (κ3) is 2.97. The minimum absolute atomic E-state index is 0.247. The number of anilines is 1. The number of carboxylic acid groups (broad SMARTS) is 1. The highest BCUT2D eigenvalue weighted by molar-refractivity contribution is 7.14. The van der Waals surface area contributed by atoms with Crippen molar-refractivity contribution in [2.24, 2.45) is 0 Å². The molecule has 6 heteroatoms. The highest BCUT2D eigenvalue weighted by atomic mass is 32.1. The molecule has 1 aromatic heterocycles. The van der Waals surface area contributed by atoms with Crippen molar-refractivity contribution in [3.05, 3.63) is 45.6 Å². The van der Waals surface area contributed by atoms with Crippen LogP contribution in [-0.2, 0) is 6.42 Å². The summed E-state index contributed by atoms with van der Waals surface area (Å²) in [6.45, 7) is 2.01. The van der Waals surface area contributed by atoms with Gasteiger partial charge in [-0.15, -0.1) is 11.3 Å². The number of amides is 1. The molecule has 0 saturated carbocycles. The van der Waals surface area contributed by atoms with Crippen LogP contribution in [0, 0.1) is 0 Å². The molecule has 0 fully saturated rings. The van der Waals surface area contributed by atoms with Crippen molar-refractivity contribution in [1.29, 1.82) is 0 Å². The summed E-state index contributed by atoms with van der Waals surface area (Å²) in [5.74, 6) is -1.88. The molecule has 2 aromatic rings. The average molecular weight is 291 g/mol. The number of phenols is 1. The first-order chi connectivity index (χ1) is 9.51. The zero-order valence-corrected chi connectivity index (χ0v) is 11.5. The summed E-state index contributed by atoms with van der Waals surface area (Å²) in [7, 11) is 0. The molecule has 0 unspecified atom stereocenters. The van der Waals surface area contributed by atoms with E-state index in [2.05, 4.69) is 5.32 Å². The second-order valence-corrected chi connectivity index (χ2v) is 5.28. The number of aromatic carboxylic acids is 1. The van der Waals surface area contributed by atoms with Crippen LogP contribution in [0.5, 0.6) is 5.75 Å². The van der Waals surface area contributed by atoms with Crippen LogP contribution in [0.4, 0.5) is 5.69 Å². The quantitative estimate of drug-likeness (QED) is 0.756. The molecule has 0 radical (unpaired) electrons. The zero-order chi connectivity index (χ0) is 14.7. The van der Waals surface area contributed by atoms with E-state index in [9.17, 15) is 14.7 Å². The number of benzene rings is 1.